The van der Waals surface area contributed by atoms with Crippen molar-refractivity contribution in [2.24, 2.45) is 13.0 Å². The maximum atomic E-state index is 12.7. The molecule has 43 heavy (non-hydrogen) atoms. The van der Waals surface area contributed by atoms with E-state index in [2.05, 4.69) is 27.7 Å². The van der Waals surface area contributed by atoms with Gasteiger partial charge < -0.3 is 34.9 Å². The van der Waals surface area contributed by atoms with Gasteiger partial charge in [-0.15, -0.1) is 0 Å². The Morgan fingerprint density at radius 3 is 2.63 bits per heavy atom. The number of aryl methyl sites for hydroxylation is 1. The zero-order chi connectivity index (χ0) is 31.5. The monoisotopic (exact) mass is 609 g/mol. The Labute approximate surface area is 255 Å². The van der Waals surface area contributed by atoms with E-state index in [0.717, 1.165) is 6.42 Å². The highest BCUT2D eigenvalue weighted by molar-refractivity contribution is 6.33. The fourth-order valence-electron chi connectivity index (χ4n) is 4.96. The van der Waals surface area contributed by atoms with Gasteiger partial charge in [-0.3, -0.25) is 9.59 Å². The third kappa shape index (κ3) is 7.67. The normalized spacial score (nSPS) is 16.7. The number of fused-ring (bicyclic) bond motifs is 1. The van der Waals surface area contributed by atoms with Crippen molar-refractivity contribution < 1.29 is 19.1 Å². The first-order valence-corrected chi connectivity index (χ1v) is 14.2. The molecule has 12 nitrogen and oxygen atoms in total. The summed E-state index contributed by atoms with van der Waals surface area (Å²) in [4.78, 5) is 47.2. The van der Waals surface area contributed by atoms with E-state index < -0.39 is 11.7 Å². The molecule has 2 aromatic heterocycles. The first-order chi connectivity index (χ1) is 20.3. The molecule has 0 aliphatic carbocycles. The van der Waals surface area contributed by atoms with Gasteiger partial charge in [-0.25, -0.2) is 14.6 Å². The third-order valence-electron chi connectivity index (χ3n) is 6.83. The number of hydrogen-bond acceptors (Lipinski definition) is 8. The van der Waals surface area contributed by atoms with Crippen molar-refractivity contribution in [3.63, 3.8) is 0 Å². The smallest absolute Gasteiger partial charge is 0.407 e. The number of ether oxygens (including phenoxy) is 2. The van der Waals surface area contributed by atoms with Crippen LogP contribution in [0, 0.1) is 12.5 Å². The van der Waals surface area contributed by atoms with Crippen LogP contribution in [0.5, 0.6) is 5.75 Å². The van der Waals surface area contributed by atoms with Gasteiger partial charge in [0.25, 0.3) is 11.5 Å². The lowest BCUT2D eigenvalue weighted by Gasteiger charge is -2.38. The Hall–Kier alpha value is -4.50. The molecule has 0 bridgehead atoms. The minimum Gasteiger partial charge on any atom is -0.478 e. The lowest BCUT2D eigenvalue weighted by atomic mass is 9.96. The highest BCUT2D eigenvalue weighted by atomic mass is 35.5. The number of nitrogens with zero attached hydrogens (tertiary/aromatic N) is 4. The molecule has 0 radical (unpaired) electrons. The molecule has 4 rings (SSSR count). The average Bonchev–Trinajstić information content (AvgIpc) is 2.93. The van der Waals surface area contributed by atoms with E-state index in [1.165, 1.54) is 11.6 Å². The minimum absolute atomic E-state index is 0.0457. The molecule has 1 fully saturated rings. The van der Waals surface area contributed by atoms with Crippen molar-refractivity contribution in [1.82, 2.24) is 20.2 Å². The van der Waals surface area contributed by atoms with Crippen LogP contribution in [-0.4, -0.2) is 59.9 Å². The number of anilines is 3. The van der Waals surface area contributed by atoms with E-state index in [9.17, 15) is 14.4 Å². The Bertz CT molecular complexity index is 1640. The van der Waals surface area contributed by atoms with Gasteiger partial charge in [-0.2, -0.15) is 0 Å². The standard InChI is InChI=1S/C30H36ClN7O5/c1-17-10-20(35-29(41)43-30(2,3)4)15-38(14-17)27-22(32-5)13-21(31)26(36-27)34-19-8-9-23-18(11-19)12-24(28(40)37(23)7)42-16-25(39)33-6/h8-9,11-13,17,20H,10,14-16H2,1-4,6-7H3,(H,33,39)(H,34,36)(H,35,41). The number of hydrogen-bond donors (Lipinski definition) is 3. The van der Waals surface area contributed by atoms with Crippen LogP contribution in [0.2, 0.25) is 5.02 Å². The van der Waals surface area contributed by atoms with Crippen molar-refractivity contribution in [3.05, 3.63) is 57.1 Å². The Morgan fingerprint density at radius 2 is 1.95 bits per heavy atom. The summed E-state index contributed by atoms with van der Waals surface area (Å²) in [6, 6.07) is 8.34. The molecular formula is C30H36ClN7O5. The van der Waals surface area contributed by atoms with E-state index in [0.29, 0.717) is 47.0 Å². The topological polar surface area (TPSA) is 131 Å². The predicted octanol–water partition coefficient (Wildman–Crippen LogP) is 4.75. The number of halogens is 1. The third-order valence-corrected chi connectivity index (χ3v) is 7.12. The molecular weight excluding hydrogens is 574 g/mol. The summed E-state index contributed by atoms with van der Waals surface area (Å²) in [7, 11) is 3.12. The van der Waals surface area contributed by atoms with Crippen LogP contribution in [0.4, 0.5) is 27.8 Å². The van der Waals surface area contributed by atoms with Gasteiger partial charge in [0.15, 0.2) is 12.4 Å². The number of benzene rings is 1. The van der Waals surface area contributed by atoms with Crippen molar-refractivity contribution in [3.8, 4) is 5.75 Å². The second-order valence-corrected chi connectivity index (χ2v) is 12.0. The lowest BCUT2D eigenvalue weighted by Crippen LogP contribution is -2.51. The van der Waals surface area contributed by atoms with E-state index in [-0.39, 0.29) is 40.8 Å². The van der Waals surface area contributed by atoms with Crippen molar-refractivity contribution in [2.45, 2.75) is 45.8 Å². The van der Waals surface area contributed by atoms with Gasteiger partial charge in [0.05, 0.1) is 17.1 Å². The van der Waals surface area contributed by atoms with Crippen molar-refractivity contribution >= 4 is 57.5 Å². The molecule has 0 spiro atoms. The molecule has 3 heterocycles. The van der Waals surface area contributed by atoms with Gasteiger partial charge in [0, 0.05) is 44.3 Å². The highest BCUT2D eigenvalue weighted by Gasteiger charge is 2.30. The first-order valence-electron chi connectivity index (χ1n) is 13.8. The number of nitrogens with one attached hydrogen (secondary N) is 3. The summed E-state index contributed by atoms with van der Waals surface area (Å²) in [5.41, 5.74) is 0.619. The number of carbonyl (C=O) groups excluding carboxylic acids is 2. The first kappa shape index (κ1) is 31.4. The fourth-order valence-corrected chi connectivity index (χ4v) is 5.15. The molecule has 1 aliphatic rings. The Morgan fingerprint density at radius 1 is 1.21 bits per heavy atom. The predicted molar refractivity (Wildman–Crippen MR) is 167 cm³/mol. The van der Waals surface area contributed by atoms with Gasteiger partial charge in [-0.05, 0) is 63.4 Å². The van der Waals surface area contributed by atoms with E-state index >= 15 is 0 Å². The SMILES string of the molecule is [C-]#[N+]c1cc(Cl)c(Nc2ccc3c(c2)cc(OCC(=O)NC)c(=O)n3C)nc1N1CC(C)CC(NC(=O)OC(C)(C)C)C1. The number of pyridine rings is 2. The lowest BCUT2D eigenvalue weighted by molar-refractivity contribution is -0.122. The number of alkyl carbamates (subject to hydrolysis) is 1. The summed E-state index contributed by atoms with van der Waals surface area (Å²) >= 11 is 6.57. The van der Waals surface area contributed by atoms with Crippen LogP contribution in [-0.2, 0) is 16.6 Å². The maximum absolute atomic E-state index is 12.7. The van der Waals surface area contributed by atoms with E-state index in [1.54, 1.807) is 31.3 Å². The summed E-state index contributed by atoms with van der Waals surface area (Å²) < 4.78 is 12.4. The molecule has 2 atom stereocenters. The van der Waals surface area contributed by atoms with Crippen LogP contribution in [0.3, 0.4) is 0 Å². The second kappa shape index (κ2) is 12.8. The zero-order valence-electron chi connectivity index (χ0n) is 25.1. The van der Waals surface area contributed by atoms with Gasteiger partial charge in [0.1, 0.15) is 17.2 Å². The van der Waals surface area contributed by atoms with Crippen LogP contribution < -0.4 is 31.1 Å². The zero-order valence-corrected chi connectivity index (χ0v) is 25.8. The number of likely N-dealkylation sites (N-methyl/N-ethyl adjacent to an activating group) is 1. The number of piperidine rings is 1. The van der Waals surface area contributed by atoms with Gasteiger partial charge >= 0.3 is 6.09 Å². The number of amides is 2. The second-order valence-electron chi connectivity index (χ2n) is 11.6. The molecule has 0 saturated carbocycles. The molecule has 1 aromatic carbocycles. The van der Waals surface area contributed by atoms with E-state index in [4.69, 9.17) is 32.6 Å². The van der Waals surface area contributed by atoms with Crippen molar-refractivity contribution in [2.75, 3.05) is 37.0 Å². The summed E-state index contributed by atoms with van der Waals surface area (Å²) in [5.74, 6) is 0.709. The Balaban J connectivity index is 1.62. The number of rotatable bonds is 7. The molecule has 1 aliphatic heterocycles. The molecule has 3 N–H and O–H groups in total. The Kier molecular flexibility index (Phi) is 9.35. The molecule has 2 unspecified atom stereocenters. The quantitative estimate of drug-likeness (QED) is 0.327. The molecule has 13 heteroatoms. The molecule has 3 aromatic rings. The number of carbonyl (C=O) groups is 2. The molecule has 2 amide bonds. The van der Waals surface area contributed by atoms with Crippen LogP contribution >= 0.6 is 11.6 Å². The minimum atomic E-state index is -0.614. The number of aromatic nitrogens is 2. The van der Waals surface area contributed by atoms with E-state index in [1.807, 2.05) is 31.7 Å². The average molecular weight is 610 g/mol. The molecule has 1 saturated heterocycles. The summed E-state index contributed by atoms with van der Waals surface area (Å²) in [6.07, 6.45) is 0.273. The largest absolute Gasteiger partial charge is 0.478 e. The van der Waals surface area contributed by atoms with Crippen LogP contribution in [0.15, 0.2) is 35.1 Å². The van der Waals surface area contributed by atoms with Gasteiger partial charge in [-0.1, -0.05) is 18.5 Å². The summed E-state index contributed by atoms with van der Waals surface area (Å²) in [6.45, 7) is 16.1. The van der Waals surface area contributed by atoms with Crippen LogP contribution in [0.25, 0.3) is 15.7 Å². The summed E-state index contributed by atoms with van der Waals surface area (Å²) in [5, 5.41) is 9.59. The highest BCUT2D eigenvalue weighted by Crippen LogP contribution is 2.37. The van der Waals surface area contributed by atoms with Crippen molar-refractivity contribution in [1.29, 1.82) is 0 Å². The molecule has 228 valence electrons. The van der Waals surface area contributed by atoms with Gasteiger partial charge in [0.2, 0.25) is 5.69 Å². The van der Waals surface area contributed by atoms with Crippen LogP contribution in [0.1, 0.15) is 34.1 Å². The fraction of sp³-hybridized carbons (Fsp3) is 0.433. The maximum Gasteiger partial charge on any atom is 0.407 e.